The van der Waals surface area contributed by atoms with E-state index in [0.717, 1.165) is 36.3 Å². The van der Waals surface area contributed by atoms with Gasteiger partial charge in [-0.3, -0.25) is 9.69 Å². The molecule has 1 amide bonds. The zero-order valence-electron chi connectivity index (χ0n) is 12.1. The Labute approximate surface area is 120 Å². The lowest BCUT2D eigenvalue weighted by atomic mass is 10.1. The first-order chi connectivity index (χ1) is 9.65. The molecule has 2 fully saturated rings. The fourth-order valence-electron chi connectivity index (χ4n) is 3.32. The van der Waals surface area contributed by atoms with Crippen molar-refractivity contribution < 1.29 is 4.79 Å². The molecule has 1 aromatic carbocycles. The number of hydrogen-bond donors (Lipinski definition) is 1. The van der Waals surface area contributed by atoms with E-state index in [9.17, 15) is 4.79 Å². The molecule has 20 heavy (non-hydrogen) atoms. The van der Waals surface area contributed by atoms with E-state index in [1.54, 1.807) is 0 Å². The molecular weight excluding hydrogens is 250 g/mol. The molecule has 1 aromatic rings. The monoisotopic (exact) mass is 273 g/mol. The highest BCUT2D eigenvalue weighted by Gasteiger charge is 2.31. The number of likely N-dealkylation sites (tertiary alicyclic amines) is 2. The van der Waals surface area contributed by atoms with E-state index < -0.39 is 0 Å². The van der Waals surface area contributed by atoms with Crippen molar-refractivity contribution >= 4 is 11.6 Å². The van der Waals surface area contributed by atoms with Crippen molar-refractivity contribution in [1.82, 2.24) is 9.80 Å². The second-order valence-corrected chi connectivity index (χ2v) is 6.01. The van der Waals surface area contributed by atoms with E-state index in [1.807, 2.05) is 30.0 Å². The van der Waals surface area contributed by atoms with Crippen LogP contribution in [0.15, 0.2) is 18.2 Å². The van der Waals surface area contributed by atoms with Crippen LogP contribution < -0.4 is 5.73 Å². The first-order valence-electron chi connectivity index (χ1n) is 7.54. The summed E-state index contributed by atoms with van der Waals surface area (Å²) < 4.78 is 0. The molecule has 0 bridgehead atoms. The van der Waals surface area contributed by atoms with Crippen molar-refractivity contribution in [3.05, 3.63) is 29.3 Å². The number of rotatable bonds is 2. The fourth-order valence-corrected chi connectivity index (χ4v) is 3.32. The van der Waals surface area contributed by atoms with Gasteiger partial charge in [-0.1, -0.05) is 0 Å². The summed E-state index contributed by atoms with van der Waals surface area (Å²) in [6.07, 6.45) is 3.73. The van der Waals surface area contributed by atoms with Crippen LogP contribution >= 0.6 is 0 Å². The van der Waals surface area contributed by atoms with Crippen molar-refractivity contribution in [2.45, 2.75) is 32.2 Å². The standard InChI is InChI=1S/C16H23N3O/c1-12-10-13(4-5-15(12)17)16(20)19-9-6-14(11-19)18-7-2-3-8-18/h4-5,10,14H,2-3,6-9,11,17H2,1H3. The SMILES string of the molecule is Cc1cc(C(=O)N2CCC(N3CCCC3)C2)ccc1N. The zero-order valence-corrected chi connectivity index (χ0v) is 12.1. The molecule has 1 atom stereocenters. The summed E-state index contributed by atoms with van der Waals surface area (Å²) >= 11 is 0. The summed E-state index contributed by atoms with van der Waals surface area (Å²) in [7, 11) is 0. The van der Waals surface area contributed by atoms with E-state index >= 15 is 0 Å². The van der Waals surface area contributed by atoms with Gasteiger partial charge in [-0.2, -0.15) is 0 Å². The number of carbonyl (C=O) groups excluding carboxylic acids is 1. The van der Waals surface area contributed by atoms with Gasteiger partial charge in [-0.15, -0.1) is 0 Å². The van der Waals surface area contributed by atoms with Gasteiger partial charge in [-0.05, 0) is 63.0 Å². The summed E-state index contributed by atoms with van der Waals surface area (Å²) in [5.41, 5.74) is 8.30. The number of benzene rings is 1. The number of carbonyl (C=O) groups is 1. The lowest BCUT2D eigenvalue weighted by Gasteiger charge is -2.23. The molecule has 2 aliphatic heterocycles. The Hall–Kier alpha value is -1.55. The van der Waals surface area contributed by atoms with Crippen LogP contribution in [0.1, 0.15) is 35.2 Å². The Morgan fingerprint density at radius 2 is 2.00 bits per heavy atom. The van der Waals surface area contributed by atoms with E-state index in [0.29, 0.717) is 6.04 Å². The normalized spacial score (nSPS) is 23.4. The summed E-state index contributed by atoms with van der Waals surface area (Å²) in [5.74, 6) is 0.148. The van der Waals surface area contributed by atoms with Crippen molar-refractivity contribution in [3.8, 4) is 0 Å². The molecule has 0 aliphatic carbocycles. The van der Waals surface area contributed by atoms with Crippen LogP contribution in [0.4, 0.5) is 5.69 Å². The minimum absolute atomic E-state index is 0.148. The topological polar surface area (TPSA) is 49.6 Å². The average molecular weight is 273 g/mol. The van der Waals surface area contributed by atoms with Gasteiger partial charge in [0, 0.05) is 30.4 Å². The molecule has 0 saturated carbocycles. The van der Waals surface area contributed by atoms with Gasteiger partial charge in [0.2, 0.25) is 0 Å². The minimum Gasteiger partial charge on any atom is -0.399 e. The van der Waals surface area contributed by atoms with Crippen molar-refractivity contribution in [1.29, 1.82) is 0 Å². The predicted octanol–water partition coefficient (Wildman–Crippen LogP) is 1.89. The maximum atomic E-state index is 12.5. The Kier molecular flexibility index (Phi) is 3.66. The molecule has 0 aromatic heterocycles. The van der Waals surface area contributed by atoms with Crippen LogP contribution in [-0.4, -0.2) is 47.9 Å². The minimum atomic E-state index is 0.148. The van der Waals surface area contributed by atoms with Gasteiger partial charge in [-0.25, -0.2) is 0 Å². The highest BCUT2D eigenvalue weighted by Crippen LogP contribution is 2.22. The lowest BCUT2D eigenvalue weighted by molar-refractivity contribution is 0.0780. The predicted molar refractivity (Wildman–Crippen MR) is 80.7 cm³/mol. The number of aryl methyl sites for hydroxylation is 1. The van der Waals surface area contributed by atoms with E-state index in [-0.39, 0.29) is 5.91 Å². The Bertz CT molecular complexity index is 508. The lowest BCUT2D eigenvalue weighted by Crippen LogP contribution is -2.37. The first kappa shape index (κ1) is 13.4. The number of amides is 1. The third kappa shape index (κ3) is 2.52. The summed E-state index contributed by atoms with van der Waals surface area (Å²) in [6.45, 7) is 6.11. The zero-order chi connectivity index (χ0) is 14.1. The highest BCUT2D eigenvalue weighted by atomic mass is 16.2. The highest BCUT2D eigenvalue weighted by molar-refractivity contribution is 5.95. The van der Waals surface area contributed by atoms with Crippen LogP contribution in [-0.2, 0) is 0 Å². The molecule has 4 heteroatoms. The van der Waals surface area contributed by atoms with Crippen molar-refractivity contribution in [2.24, 2.45) is 0 Å². The third-order valence-corrected chi connectivity index (χ3v) is 4.62. The molecule has 0 spiro atoms. The van der Waals surface area contributed by atoms with Crippen LogP contribution in [0.3, 0.4) is 0 Å². The van der Waals surface area contributed by atoms with Gasteiger partial charge in [0.15, 0.2) is 0 Å². The largest absolute Gasteiger partial charge is 0.399 e. The Morgan fingerprint density at radius 1 is 1.25 bits per heavy atom. The van der Waals surface area contributed by atoms with Gasteiger partial charge < -0.3 is 10.6 Å². The molecule has 108 valence electrons. The summed E-state index contributed by atoms with van der Waals surface area (Å²) in [6, 6.07) is 6.14. The smallest absolute Gasteiger partial charge is 0.253 e. The fraction of sp³-hybridized carbons (Fsp3) is 0.562. The van der Waals surface area contributed by atoms with Gasteiger partial charge in [0.25, 0.3) is 5.91 Å². The van der Waals surface area contributed by atoms with Crippen LogP contribution in [0, 0.1) is 6.92 Å². The summed E-state index contributed by atoms with van der Waals surface area (Å²) in [5, 5.41) is 0. The van der Waals surface area contributed by atoms with Gasteiger partial charge >= 0.3 is 0 Å². The number of nitrogen functional groups attached to an aromatic ring is 1. The van der Waals surface area contributed by atoms with Gasteiger partial charge in [0.1, 0.15) is 0 Å². The number of hydrogen-bond acceptors (Lipinski definition) is 3. The molecule has 3 rings (SSSR count). The van der Waals surface area contributed by atoms with Crippen LogP contribution in [0.2, 0.25) is 0 Å². The number of anilines is 1. The summed E-state index contributed by atoms with van der Waals surface area (Å²) in [4.78, 5) is 17.1. The van der Waals surface area contributed by atoms with Gasteiger partial charge in [0.05, 0.1) is 0 Å². The number of nitrogens with two attached hydrogens (primary N) is 1. The molecule has 2 N–H and O–H groups in total. The molecular formula is C16H23N3O. The molecule has 2 saturated heterocycles. The maximum absolute atomic E-state index is 12.5. The molecule has 2 aliphatic rings. The molecule has 1 unspecified atom stereocenters. The third-order valence-electron chi connectivity index (χ3n) is 4.62. The molecule has 2 heterocycles. The van der Waals surface area contributed by atoms with Crippen molar-refractivity contribution in [2.75, 3.05) is 31.9 Å². The Morgan fingerprint density at radius 3 is 2.70 bits per heavy atom. The van der Waals surface area contributed by atoms with Crippen LogP contribution in [0.5, 0.6) is 0 Å². The molecule has 0 radical (unpaired) electrons. The van der Waals surface area contributed by atoms with Crippen LogP contribution in [0.25, 0.3) is 0 Å². The quantitative estimate of drug-likeness (QED) is 0.837. The van der Waals surface area contributed by atoms with Crippen molar-refractivity contribution in [3.63, 3.8) is 0 Å². The van der Waals surface area contributed by atoms with E-state index in [4.69, 9.17) is 5.73 Å². The second-order valence-electron chi connectivity index (χ2n) is 6.01. The molecule has 4 nitrogen and oxygen atoms in total. The average Bonchev–Trinajstić information content (AvgIpc) is 3.11. The Balaban J connectivity index is 1.67. The number of nitrogens with zero attached hydrogens (tertiary/aromatic N) is 2. The maximum Gasteiger partial charge on any atom is 0.253 e. The van der Waals surface area contributed by atoms with E-state index in [1.165, 1.54) is 25.9 Å². The first-order valence-corrected chi connectivity index (χ1v) is 7.54. The second kappa shape index (κ2) is 5.44. The van der Waals surface area contributed by atoms with E-state index in [2.05, 4.69) is 4.90 Å².